The van der Waals surface area contributed by atoms with Crippen molar-refractivity contribution < 1.29 is 10.2 Å². The average molecular weight is 382 g/mol. The first-order chi connectivity index (χ1) is 13.1. The van der Waals surface area contributed by atoms with Crippen molar-refractivity contribution in [1.29, 1.82) is 0 Å². The highest BCUT2D eigenvalue weighted by molar-refractivity contribution is 6.28. The van der Waals surface area contributed by atoms with Crippen LogP contribution in [0.5, 0.6) is 5.75 Å². The zero-order valence-electron chi connectivity index (χ0n) is 14.1. The Morgan fingerprint density at radius 2 is 1.63 bits per heavy atom. The molecule has 4 rings (SSSR count). The van der Waals surface area contributed by atoms with E-state index in [0.29, 0.717) is 23.6 Å². The van der Waals surface area contributed by atoms with Crippen LogP contribution in [0.1, 0.15) is 12.8 Å². The van der Waals surface area contributed by atoms with Gasteiger partial charge in [-0.2, -0.15) is 15.0 Å². The van der Waals surface area contributed by atoms with Crippen molar-refractivity contribution in [3.05, 3.63) is 65.3 Å². The van der Waals surface area contributed by atoms with Gasteiger partial charge in [0.05, 0.1) is 11.4 Å². The van der Waals surface area contributed by atoms with E-state index in [2.05, 4.69) is 25.6 Å². The van der Waals surface area contributed by atoms with Crippen molar-refractivity contribution in [2.75, 3.05) is 10.6 Å². The van der Waals surface area contributed by atoms with Crippen molar-refractivity contribution in [2.45, 2.75) is 12.8 Å². The fourth-order valence-electron chi connectivity index (χ4n) is 2.81. The molecule has 3 aromatic rings. The van der Waals surface area contributed by atoms with Gasteiger partial charge in [0.25, 0.3) is 0 Å². The molecule has 27 heavy (non-hydrogen) atoms. The predicted octanol–water partition coefficient (Wildman–Crippen LogP) is 4.66. The summed E-state index contributed by atoms with van der Waals surface area (Å²) < 4.78 is 0. The minimum Gasteiger partial charge on any atom is -0.512 e. The molecule has 1 aliphatic carbocycles. The Hall–Kier alpha value is -3.32. The fraction of sp³-hybridized carbons (Fsp3) is 0.105. The molecule has 7 nitrogen and oxygen atoms in total. The van der Waals surface area contributed by atoms with E-state index in [0.717, 1.165) is 17.2 Å². The molecule has 136 valence electrons. The largest absolute Gasteiger partial charge is 0.512 e. The third kappa shape index (κ3) is 3.93. The molecule has 8 heteroatoms. The number of nitrogens with one attached hydrogen (secondary N) is 2. The lowest BCUT2D eigenvalue weighted by Gasteiger charge is -2.13. The van der Waals surface area contributed by atoms with E-state index in [4.69, 9.17) is 11.6 Å². The zero-order valence-corrected chi connectivity index (χ0v) is 14.9. The maximum atomic E-state index is 10.3. The maximum absolute atomic E-state index is 10.3. The summed E-state index contributed by atoms with van der Waals surface area (Å²) in [7, 11) is 0. The topological polar surface area (TPSA) is 103 Å². The van der Waals surface area contributed by atoms with Crippen molar-refractivity contribution in [2.24, 2.45) is 0 Å². The average Bonchev–Trinajstić information content (AvgIpc) is 2.62. The summed E-state index contributed by atoms with van der Waals surface area (Å²) >= 11 is 6.01. The first-order valence-corrected chi connectivity index (χ1v) is 8.72. The SMILES string of the molecule is OC1=CC(Nc2nc(Cl)nc(Nc3cc4ccccc4cc3O)n2)=CCC1. The van der Waals surface area contributed by atoms with Crippen LogP contribution in [0, 0.1) is 0 Å². The van der Waals surface area contributed by atoms with Gasteiger partial charge in [0.15, 0.2) is 0 Å². The van der Waals surface area contributed by atoms with Crippen LogP contribution in [-0.4, -0.2) is 25.2 Å². The quantitative estimate of drug-likeness (QED) is 0.487. The van der Waals surface area contributed by atoms with Crippen LogP contribution in [0.3, 0.4) is 0 Å². The van der Waals surface area contributed by atoms with Gasteiger partial charge in [-0.15, -0.1) is 0 Å². The van der Waals surface area contributed by atoms with Gasteiger partial charge in [-0.1, -0.05) is 30.3 Å². The number of phenolic OH excluding ortho intramolecular Hbond substituents is 1. The number of benzene rings is 2. The third-order valence-corrected chi connectivity index (χ3v) is 4.23. The number of phenols is 1. The first kappa shape index (κ1) is 17.1. The Kier molecular flexibility index (Phi) is 4.52. The minimum atomic E-state index is -0.000102. The number of hydrogen-bond donors (Lipinski definition) is 4. The Balaban J connectivity index is 1.62. The number of nitrogens with zero attached hydrogens (tertiary/aromatic N) is 3. The van der Waals surface area contributed by atoms with Crippen LogP contribution < -0.4 is 10.6 Å². The van der Waals surface area contributed by atoms with E-state index in [1.807, 2.05) is 30.3 Å². The number of hydrogen-bond acceptors (Lipinski definition) is 7. The summed E-state index contributed by atoms with van der Waals surface area (Å²) in [5.41, 5.74) is 1.14. The van der Waals surface area contributed by atoms with Crippen molar-refractivity contribution in [1.82, 2.24) is 15.0 Å². The summed E-state index contributed by atoms with van der Waals surface area (Å²) in [5, 5.41) is 27.8. The maximum Gasteiger partial charge on any atom is 0.233 e. The van der Waals surface area contributed by atoms with Gasteiger partial charge in [-0.25, -0.2) is 0 Å². The number of aromatic hydroxyl groups is 1. The van der Waals surface area contributed by atoms with Crippen LogP contribution in [0.2, 0.25) is 5.28 Å². The lowest BCUT2D eigenvalue weighted by Crippen LogP contribution is -2.08. The highest BCUT2D eigenvalue weighted by Crippen LogP contribution is 2.31. The van der Waals surface area contributed by atoms with Crippen LogP contribution in [0.4, 0.5) is 17.6 Å². The van der Waals surface area contributed by atoms with Crippen LogP contribution in [0.15, 0.2) is 60.0 Å². The molecular weight excluding hydrogens is 366 g/mol. The number of allylic oxidation sites excluding steroid dienone is 3. The Morgan fingerprint density at radius 3 is 2.37 bits per heavy atom. The summed E-state index contributed by atoms with van der Waals surface area (Å²) in [4.78, 5) is 12.4. The van der Waals surface area contributed by atoms with Gasteiger partial charge in [0.1, 0.15) is 5.75 Å². The molecule has 2 aromatic carbocycles. The number of anilines is 3. The highest BCUT2D eigenvalue weighted by Gasteiger charge is 2.11. The molecule has 0 spiro atoms. The normalized spacial score (nSPS) is 13.8. The summed E-state index contributed by atoms with van der Waals surface area (Å²) in [6, 6.07) is 11.2. The fourth-order valence-corrected chi connectivity index (χ4v) is 2.97. The number of aliphatic hydroxyl groups excluding tert-OH is 1. The summed E-state index contributed by atoms with van der Waals surface area (Å²) in [6.45, 7) is 0. The Morgan fingerprint density at radius 1 is 0.926 bits per heavy atom. The van der Waals surface area contributed by atoms with Gasteiger partial charge < -0.3 is 20.8 Å². The van der Waals surface area contributed by atoms with E-state index < -0.39 is 0 Å². The van der Waals surface area contributed by atoms with Crippen LogP contribution in [0.25, 0.3) is 10.8 Å². The van der Waals surface area contributed by atoms with Gasteiger partial charge >= 0.3 is 0 Å². The van der Waals surface area contributed by atoms with Crippen LogP contribution >= 0.6 is 11.6 Å². The van der Waals surface area contributed by atoms with Gasteiger partial charge in [0.2, 0.25) is 17.2 Å². The van der Waals surface area contributed by atoms with Crippen LogP contribution in [-0.2, 0) is 0 Å². The predicted molar refractivity (Wildman–Crippen MR) is 105 cm³/mol. The monoisotopic (exact) mass is 381 g/mol. The minimum absolute atomic E-state index is 0.000102. The highest BCUT2D eigenvalue weighted by atomic mass is 35.5. The molecule has 1 heterocycles. The molecule has 0 amide bonds. The molecule has 0 saturated carbocycles. The van der Waals surface area contributed by atoms with E-state index in [1.54, 1.807) is 18.2 Å². The molecule has 1 aliphatic rings. The van der Waals surface area contributed by atoms with E-state index >= 15 is 0 Å². The van der Waals surface area contributed by atoms with Gasteiger partial charge in [-0.05, 0) is 47.0 Å². The summed E-state index contributed by atoms with van der Waals surface area (Å²) in [5.74, 6) is 0.782. The van der Waals surface area contributed by atoms with E-state index in [9.17, 15) is 10.2 Å². The number of rotatable bonds is 4. The second-order valence-electron chi connectivity index (χ2n) is 6.05. The Labute approximate surface area is 160 Å². The molecule has 0 radical (unpaired) electrons. The van der Waals surface area contributed by atoms with Crippen molar-refractivity contribution >= 4 is 40.0 Å². The number of fused-ring (bicyclic) bond motifs is 1. The van der Waals surface area contributed by atoms with E-state index in [1.165, 1.54) is 0 Å². The molecule has 4 N–H and O–H groups in total. The number of aliphatic hydroxyl groups is 1. The molecule has 0 bridgehead atoms. The molecule has 0 fully saturated rings. The molecule has 0 atom stereocenters. The molecular formula is C19H16ClN5O2. The zero-order chi connectivity index (χ0) is 18.8. The number of aromatic nitrogens is 3. The lowest BCUT2D eigenvalue weighted by molar-refractivity contribution is 0.386. The second-order valence-corrected chi connectivity index (χ2v) is 6.39. The smallest absolute Gasteiger partial charge is 0.233 e. The summed E-state index contributed by atoms with van der Waals surface area (Å²) in [6.07, 6.45) is 4.87. The van der Waals surface area contributed by atoms with Crippen molar-refractivity contribution in [3.8, 4) is 5.75 Å². The number of halogens is 1. The van der Waals surface area contributed by atoms with Gasteiger partial charge in [0, 0.05) is 12.1 Å². The molecule has 0 saturated heterocycles. The Bertz CT molecular complexity index is 1080. The molecule has 0 unspecified atom stereocenters. The van der Waals surface area contributed by atoms with E-state index in [-0.39, 0.29) is 22.9 Å². The second kappa shape index (κ2) is 7.13. The lowest BCUT2D eigenvalue weighted by atomic mass is 10.1. The molecule has 1 aromatic heterocycles. The standard InChI is InChI=1S/C19H16ClN5O2/c20-17-23-18(21-13-6-3-7-14(26)10-13)25-19(24-17)22-15-8-11-4-1-2-5-12(11)9-16(15)27/h1-2,4-6,8-10,26-27H,3,7H2,(H2,21,22,23,24,25). The third-order valence-electron chi connectivity index (χ3n) is 4.06. The molecule has 0 aliphatic heterocycles. The first-order valence-electron chi connectivity index (χ1n) is 8.34. The van der Waals surface area contributed by atoms with Gasteiger partial charge in [-0.3, -0.25) is 0 Å². The van der Waals surface area contributed by atoms with Crippen molar-refractivity contribution in [3.63, 3.8) is 0 Å².